The van der Waals surface area contributed by atoms with Gasteiger partial charge in [-0.3, -0.25) is 4.79 Å². The number of halogens is 3. The van der Waals surface area contributed by atoms with Gasteiger partial charge in [0.05, 0.1) is 5.56 Å². The van der Waals surface area contributed by atoms with Crippen LogP contribution in [0.4, 0.5) is 13.2 Å². The molecule has 1 rings (SSSR count). The van der Waals surface area contributed by atoms with Crippen LogP contribution in [0, 0.1) is 0 Å². The number of rotatable bonds is 4. The first kappa shape index (κ1) is 15.5. The monoisotopic (exact) mass is 274 g/mol. The van der Waals surface area contributed by atoms with Crippen LogP contribution in [-0.4, -0.2) is 30.4 Å². The summed E-state index contributed by atoms with van der Waals surface area (Å²) in [6.45, 7) is 2.30. The lowest BCUT2D eigenvalue weighted by Gasteiger charge is -2.18. The van der Waals surface area contributed by atoms with Gasteiger partial charge in [-0.2, -0.15) is 13.2 Å². The van der Waals surface area contributed by atoms with Gasteiger partial charge in [0.15, 0.2) is 0 Å². The molecule has 0 spiro atoms. The highest BCUT2D eigenvalue weighted by atomic mass is 19.4. The zero-order chi connectivity index (χ0) is 14.6. The molecule has 0 saturated carbocycles. The van der Waals surface area contributed by atoms with Crippen LogP contribution >= 0.6 is 0 Å². The Morgan fingerprint density at radius 3 is 2.26 bits per heavy atom. The van der Waals surface area contributed by atoms with E-state index in [9.17, 15) is 18.0 Å². The molecule has 0 aliphatic carbocycles. The molecule has 0 aliphatic heterocycles. The molecule has 0 heterocycles. The fraction of sp³-hybridized carbons (Fsp3) is 0.462. The van der Waals surface area contributed by atoms with E-state index < -0.39 is 11.7 Å². The highest BCUT2D eigenvalue weighted by Gasteiger charge is 2.30. The molecule has 1 aromatic rings. The number of alkyl halides is 3. The number of hydrogen-bond donors (Lipinski definition) is 1. The molecule has 3 nitrogen and oxygen atoms in total. The van der Waals surface area contributed by atoms with E-state index in [-0.39, 0.29) is 17.5 Å². The van der Waals surface area contributed by atoms with Crippen molar-refractivity contribution in [2.45, 2.75) is 25.6 Å². The van der Waals surface area contributed by atoms with Crippen molar-refractivity contribution in [3.63, 3.8) is 0 Å². The van der Waals surface area contributed by atoms with Crippen molar-refractivity contribution < 1.29 is 18.0 Å². The molecular formula is C13H17F3N2O. The van der Waals surface area contributed by atoms with E-state index in [1.807, 2.05) is 6.92 Å². The van der Waals surface area contributed by atoms with Crippen LogP contribution in [0.15, 0.2) is 24.3 Å². The summed E-state index contributed by atoms with van der Waals surface area (Å²) in [5.74, 6) is -0.311. The molecule has 0 radical (unpaired) electrons. The van der Waals surface area contributed by atoms with Gasteiger partial charge in [-0.15, -0.1) is 0 Å². The standard InChI is InChI=1S/C13H17F3N2O/c1-9(17)7-8-18(2)12(19)10-3-5-11(6-4-10)13(14,15)16/h3-6,9H,7-8,17H2,1-2H3. The molecule has 1 atom stereocenters. The number of carbonyl (C=O) groups excluding carboxylic acids is 1. The molecule has 0 fully saturated rings. The Morgan fingerprint density at radius 1 is 1.32 bits per heavy atom. The van der Waals surface area contributed by atoms with Gasteiger partial charge in [-0.25, -0.2) is 0 Å². The Morgan fingerprint density at radius 2 is 1.84 bits per heavy atom. The summed E-state index contributed by atoms with van der Waals surface area (Å²) in [7, 11) is 1.60. The second-order valence-electron chi connectivity index (χ2n) is 4.57. The molecule has 106 valence electrons. The largest absolute Gasteiger partial charge is 0.416 e. The van der Waals surface area contributed by atoms with Gasteiger partial charge in [0.2, 0.25) is 0 Å². The Balaban J connectivity index is 2.72. The van der Waals surface area contributed by atoms with Crippen LogP contribution in [0.2, 0.25) is 0 Å². The number of carbonyl (C=O) groups is 1. The summed E-state index contributed by atoms with van der Waals surface area (Å²) < 4.78 is 37.1. The lowest BCUT2D eigenvalue weighted by molar-refractivity contribution is -0.137. The third kappa shape index (κ3) is 4.55. The van der Waals surface area contributed by atoms with E-state index in [0.717, 1.165) is 12.1 Å². The van der Waals surface area contributed by atoms with Gasteiger partial charge in [0, 0.05) is 25.2 Å². The predicted molar refractivity (Wildman–Crippen MR) is 66.7 cm³/mol. The molecule has 6 heteroatoms. The smallest absolute Gasteiger partial charge is 0.342 e. The Hall–Kier alpha value is -1.56. The second kappa shape index (κ2) is 6.06. The summed E-state index contributed by atoms with van der Waals surface area (Å²) in [5.41, 5.74) is 5.06. The quantitative estimate of drug-likeness (QED) is 0.917. The van der Waals surface area contributed by atoms with Crippen LogP contribution < -0.4 is 5.73 Å². The maximum Gasteiger partial charge on any atom is 0.416 e. The van der Waals surface area contributed by atoms with Crippen LogP contribution in [0.25, 0.3) is 0 Å². The van der Waals surface area contributed by atoms with Gasteiger partial charge in [0.1, 0.15) is 0 Å². The third-order valence-corrected chi connectivity index (χ3v) is 2.73. The van der Waals surface area contributed by atoms with E-state index in [2.05, 4.69) is 0 Å². The fourth-order valence-corrected chi connectivity index (χ4v) is 1.52. The molecule has 1 aromatic carbocycles. The van der Waals surface area contributed by atoms with Crippen molar-refractivity contribution in [3.8, 4) is 0 Å². The maximum atomic E-state index is 12.4. The highest BCUT2D eigenvalue weighted by molar-refractivity contribution is 5.94. The van der Waals surface area contributed by atoms with Gasteiger partial charge >= 0.3 is 6.18 Å². The molecular weight excluding hydrogens is 257 g/mol. The van der Waals surface area contributed by atoms with Crippen molar-refractivity contribution in [1.29, 1.82) is 0 Å². The van der Waals surface area contributed by atoms with Gasteiger partial charge in [-0.1, -0.05) is 0 Å². The summed E-state index contributed by atoms with van der Waals surface area (Å²) in [6, 6.07) is 4.17. The number of nitrogens with two attached hydrogens (primary N) is 1. The van der Waals surface area contributed by atoms with Crippen LogP contribution in [0.5, 0.6) is 0 Å². The van der Waals surface area contributed by atoms with Crippen molar-refractivity contribution in [2.75, 3.05) is 13.6 Å². The molecule has 1 amide bonds. The number of amides is 1. The molecule has 0 bridgehead atoms. The Bertz CT molecular complexity index is 427. The minimum Gasteiger partial charge on any atom is -0.342 e. The lowest BCUT2D eigenvalue weighted by Crippen LogP contribution is -2.31. The van der Waals surface area contributed by atoms with Gasteiger partial charge < -0.3 is 10.6 Å². The van der Waals surface area contributed by atoms with Crippen LogP contribution in [0.3, 0.4) is 0 Å². The van der Waals surface area contributed by atoms with Crippen molar-refractivity contribution in [1.82, 2.24) is 4.90 Å². The second-order valence-corrected chi connectivity index (χ2v) is 4.57. The highest BCUT2D eigenvalue weighted by Crippen LogP contribution is 2.29. The summed E-state index contributed by atoms with van der Waals surface area (Å²) in [4.78, 5) is 13.4. The first-order chi connectivity index (χ1) is 8.71. The SMILES string of the molecule is CC(N)CCN(C)C(=O)c1ccc(C(F)(F)F)cc1. The summed E-state index contributed by atoms with van der Waals surface area (Å²) in [6.07, 6.45) is -3.74. The van der Waals surface area contributed by atoms with E-state index in [1.54, 1.807) is 7.05 Å². The predicted octanol–water partition coefficient (Wildman–Crippen LogP) is 2.51. The summed E-state index contributed by atoms with van der Waals surface area (Å²) in [5, 5.41) is 0. The minimum atomic E-state index is -4.39. The Labute approximate surface area is 110 Å². The fourth-order valence-electron chi connectivity index (χ4n) is 1.52. The van der Waals surface area contributed by atoms with Crippen molar-refractivity contribution >= 4 is 5.91 Å². The minimum absolute atomic E-state index is 0.0251. The molecule has 0 aliphatic rings. The van der Waals surface area contributed by atoms with Gasteiger partial charge in [0.25, 0.3) is 5.91 Å². The van der Waals surface area contributed by atoms with E-state index in [0.29, 0.717) is 13.0 Å². The average molecular weight is 274 g/mol. The average Bonchev–Trinajstić information content (AvgIpc) is 2.34. The molecule has 2 N–H and O–H groups in total. The first-order valence-electron chi connectivity index (χ1n) is 5.90. The molecule has 19 heavy (non-hydrogen) atoms. The Kier molecular flexibility index (Phi) is 4.94. The number of hydrogen-bond acceptors (Lipinski definition) is 2. The number of nitrogens with zero attached hydrogens (tertiary/aromatic N) is 1. The molecule has 0 saturated heterocycles. The lowest BCUT2D eigenvalue weighted by atomic mass is 10.1. The van der Waals surface area contributed by atoms with E-state index in [4.69, 9.17) is 5.73 Å². The maximum absolute atomic E-state index is 12.4. The van der Waals surface area contributed by atoms with E-state index >= 15 is 0 Å². The van der Waals surface area contributed by atoms with Crippen LogP contribution in [0.1, 0.15) is 29.3 Å². The molecule has 0 aromatic heterocycles. The van der Waals surface area contributed by atoms with Gasteiger partial charge in [-0.05, 0) is 37.6 Å². The topological polar surface area (TPSA) is 46.3 Å². The zero-order valence-electron chi connectivity index (χ0n) is 10.9. The zero-order valence-corrected chi connectivity index (χ0v) is 10.9. The normalized spacial score (nSPS) is 13.2. The van der Waals surface area contributed by atoms with Crippen molar-refractivity contribution in [3.05, 3.63) is 35.4 Å². The number of benzene rings is 1. The summed E-state index contributed by atoms with van der Waals surface area (Å²) >= 11 is 0. The third-order valence-electron chi connectivity index (χ3n) is 2.73. The van der Waals surface area contributed by atoms with Crippen molar-refractivity contribution in [2.24, 2.45) is 5.73 Å². The van der Waals surface area contributed by atoms with E-state index in [1.165, 1.54) is 17.0 Å². The van der Waals surface area contributed by atoms with Crippen LogP contribution in [-0.2, 0) is 6.18 Å². The first-order valence-corrected chi connectivity index (χ1v) is 5.90. The molecule has 1 unspecified atom stereocenters.